The molecular formula is C19H29NO4Si. The van der Waals surface area contributed by atoms with Gasteiger partial charge in [-0.25, -0.2) is 0 Å². The fourth-order valence-electron chi connectivity index (χ4n) is 2.89. The lowest BCUT2D eigenvalue weighted by Crippen LogP contribution is -2.51. The number of hydrogen-bond donors (Lipinski definition) is 0. The van der Waals surface area contributed by atoms with Gasteiger partial charge in [0.2, 0.25) is 0 Å². The molecule has 0 bridgehead atoms. The first kappa shape index (κ1) is 21.1. The molecular weight excluding hydrogens is 334 g/mol. The smallest absolute Gasteiger partial charge is 0.323 e. The summed E-state index contributed by atoms with van der Waals surface area (Å²) in [4.78, 5) is 29.7. The van der Waals surface area contributed by atoms with E-state index in [1.165, 1.54) is 0 Å². The molecule has 0 N–H and O–H groups in total. The molecule has 25 heavy (non-hydrogen) atoms. The van der Waals surface area contributed by atoms with Crippen molar-refractivity contribution in [2.24, 2.45) is 11.3 Å². The van der Waals surface area contributed by atoms with Crippen LogP contribution < -0.4 is 5.32 Å². The molecule has 1 atom stereocenters. The number of allylic oxidation sites excluding steroid dienone is 1. The van der Waals surface area contributed by atoms with E-state index in [1.54, 1.807) is 33.0 Å². The van der Waals surface area contributed by atoms with Crippen LogP contribution in [0.15, 0.2) is 37.1 Å². The lowest BCUT2D eigenvalue weighted by atomic mass is 9.78. The summed E-state index contributed by atoms with van der Waals surface area (Å²) in [5.41, 5.74) is -1.41. The van der Waals surface area contributed by atoms with E-state index >= 15 is 0 Å². The van der Waals surface area contributed by atoms with E-state index in [4.69, 9.17) is 9.47 Å². The van der Waals surface area contributed by atoms with Gasteiger partial charge in [-0.05, 0) is 38.9 Å². The van der Waals surface area contributed by atoms with Gasteiger partial charge in [0.15, 0.2) is 5.41 Å². The van der Waals surface area contributed by atoms with Gasteiger partial charge in [0.1, 0.15) is 8.07 Å². The number of carbonyl (C=O) groups is 2. The third-order valence-corrected chi connectivity index (χ3v) is 7.66. The van der Waals surface area contributed by atoms with Crippen molar-refractivity contribution in [3.63, 3.8) is 0 Å². The van der Waals surface area contributed by atoms with E-state index < -0.39 is 31.3 Å². The minimum Gasteiger partial charge on any atom is -0.465 e. The second kappa shape index (κ2) is 8.94. The molecule has 0 fully saturated rings. The minimum absolute atomic E-state index is 0.207. The van der Waals surface area contributed by atoms with E-state index in [2.05, 4.69) is 24.7 Å². The largest absolute Gasteiger partial charge is 0.465 e. The Balaban J connectivity index is 3.23. The molecule has 1 aromatic heterocycles. The molecule has 0 radical (unpaired) electrons. The molecule has 6 heteroatoms. The molecule has 5 nitrogen and oxygen atoms in total. The number of carbonyl (C=O) groups excluding carboxylic acids is 2. The van der Waals surface area contributed by atoms with Crippen molar-refractivity contribution in [2.75, 3.05) is 13.2 Å². The summed E-state index contributed by atoms with van der Waals surface area (Å²) >= 11 is 0. The summed E-state index contributed by atoms with van der Waals surface area (Å²) in [5.74, 6) is -1.53. The maximum absolute atomic E-state index is 12.6. The highest BCUT2D eigenvalue weighted by molar-refractivity contribution is 6.89. The van der Waals surface area contributed by atoms with Crippen molar-refractivity contribution in [1.82, 2.24) is 4.98 Å². The van der Waals surface area contributed by atoms with Crippen LogP contribution in [0, 0.1) is 11.3 Å². The zero-order valence-electron chi connectivity index (χ0n) is 15.9. The Labute approximate surface area is 151 Å². The minimum atomic E-state index is -2.01. The second-order valence-electron chi connectivity index (χ2n) is 6.79. The van der Waals surface area contributed by atoms with Gasteiger partial charge in [0.25, 0.3) is 0 Å². The summed E-state index contributed by atoms with van der Waals surface area (Å²) in [6.45, 7) is 13.7. The molecule has 1 rings (SSSR count). The van der Waals surface area contributed by atoms with Gasteiger partial charge in [0, 0.05) is 17.4 Å². The monoisotopic (exact) mass is 363 g/mol. The van der Waals surface area contributed by atoms with Crippen LogP contribution >= 0.6 is 0 Å². The quantitative estimate of drug-likeness (QED) is 0.292. The number of ether oxygens (including phenoxy) is 2. The first-order valence-electron chi connectivity index (χ1n) is 8.62. The van der Waals surface area contributed by atoms with Gasteiger partial charge in [-0.15, -0.1) is 6.58 Å². The standard InChI is InChI=1S/C19H29NO4Si/c1-7-15(14-25(5,6)16-12-10-11-13-20-16)19(4,17(21)23-8-2)18(22)24-9-3/h7,10-13,15H,1,8-9,14H2,2-6H3. The Hall–Kier alpha value is -1.95. The van der Waals surface area contributed by atoms with Crippen LogP contribution in [0.2, 0.25) is 19.1 Å². The Kier molecular flexibility index (Phi) is 7.54. The van der Waals surface area contributed by atoms with Gasteiger partial charge in [0.05, 0.1) is 13.2 Å². The fourth-order valence-corrected chi connectivity index (χ4v) is 5.74. The average molecular weight is 364 g/mol. The molecule has 0 aromatic carbocycles. The first-order chi connectivity index (χ1) is 11.7. The molecule has 0 aliphatic rings. The Morgan fingerprint density at radius 3 is 2.20 bits per heavy atom. The van der Waals surface area contributed by atoms with E-state index in [-0.39, 0.29) is 13.2 Å². The molecule has 0 aliphatic heterocycles. The normalized spacial score (nSPS) is 13.0. The van der Waals surface area contributed by atoms with Crippen molar-refractivity contribution in [2.45, 2.75) is 39.9 Å². The molecule has 0 saturated carbocycles. The third-order valence-electron chi connectivity index (χ3n) is 4.51. The zero-order valence-corrected chi connectivity index (χ0v) is 16.9. The summed E-state index contributed by atoms with van der Waals surface area (Å²) < 4.78 is 10.4. The van der Waals surface area contributed by atoms with E-state index in [9.17, 15) is 9.59 Å². The molecule has 0 aliphatic carbocycles. The van der Waals surface area contributed by atoms with Crippen molar-refractivity contribution in [3.05, 3.63) is 37.1 Å². The Bertz CT molecular complexity index is 583. The van der Waals surface area contributed by atoms with E-state index in [0.29, 0.717) is 6.04 Å². The molecule has 1 heterocycles. The predicted octanol–water partition coefficient (Wildman–Crippen LogP) is 2.93. The SMILES string of the molecule is C=CC(C[Si](C)(C)c1ccccn1)C(C)(C(=O)OCC)C(=O)OCC. The van der Waals surface area contributed by atoms with Crippen molar-refractivity contribution in [1.29, 1.82) is 0 Å². The third kappa shape index (κ3) is 4.78. The molecule has 0 spiro atoms. The summed E-state index contributed by atoms with van der Waals surface area (Å²) in [6, 6.07) is 6.47. The number of pyridine rings is 1. The highest BCUT2D eigenvalue weighted by Crippen LogP contribution is 2.37. The van der Waals surface area contributed by atoms with Gasteiger partial charge in [-0.3, -0.25) is 14.6 Å². The van der Waals surface area contributed by atoms with Gasteiger partial charge < -0.3 is 9.47 Å². The molecule has 1 unspecified atom stereocenters. The van der Waals surface area contributed by atoms with E-state index in [1.807, 2.05) is 18.2 Å². The van der Waals surface area contributed by atoms with Crippen molar-refractivity contribution >= 4 is 25.3 Å². The van der Waals surface area contributed by atoms with Crippen molar-refractivity contribution < 1.29 is 19.1 Å². The number of nitrogens with zero attached hydrogens (tertiary/aromatic N) is 1. The van der Waals surface area contributed by atoms with Crippen molar-refractivity contribution in [3.8, 4) is 0 Å². The number of rotatable bonds is 9. The van der Waals surface area contributed by atoms with Crippen LogP contribution in [0.4, 0.5) is 0 Å². The fraction of sp³-hybridized carbons (Fsp3) is 0.526. The number of esters is 2. The molecule has 1 aromatic rings. The maximum Gasteiger partial charge on any atom is 0.323 e. The average Bonchev–Trinajstić information content (AvgIpc) is 2.60. The summed E-state index contributed by atoms with van der Waals surface area (Å²) in [6.07, 6.45) is 3.44. The van der Waals surface area contributed by atoms with Gasteiger partial charge >= 0.3 is 11.9 Å². The predicted molar refractivity (Wildman–Crippen MR) is 101 cm³/mol. The van der Waals surface area contributed by atoms with E-state index in [0.717, 1.165) is 5.32 Å². The van der Waals surface area contributed by atoms with Crippen LogP contribution in [0.5, 0.6) is 0 Å². The Morgan fingerprint density at radius 2 is 1.80 bits per heavy atom. The molecule has 138 valence electrons. The van der Waals surface area contributed by atoms with Crippen LogP contribution in [0.1, 0.15) is 20.8 Å². The second-order valence-corrected chi connectivity index (χ2v) is 11.5. The summed E-state index contributed by atoms with van der Waals surface area (Å²) in [7, 11) is -2.01. The van der Waals surface area contributed by atoms with Gasteiger partial charge in [-0.2, -0.15) is 0 Å². The van der Waals surface area contributed by atoms with Crippen LogP contribution in [0.3, 0.4) is 0 Å². The first-order valence-corrected chi connectivity index (χ1v) is 11.8. The highest BCUT2D eigenvalue weighted by atomic mass is 28.3. The molecule has 0 amide bonds. The highest BCUT2D eigenvalue weighted by Gasteiger charge is 2.51. The zero-order chi connectivity index (χ0) is 19.1. The lowest BCUT2D eigenvalue weighted by molar-refractivity contribution is -0.173. The topological polar surface area (TPSA) is 65.5 Å². The maximum atomic E-state index is 12.6. The lowest BCUT2D eigenvalue weighted by Gasteiger charge is -2.35. The van der Waals surface area contributed by atoms with Crippen LogP contribution in [-0.2, 0) is 19.1 Å². The summed E-state index contributed by atoms with van der Waals surface area (Å²) in [5, 5.41) is 1.02. The van der Waals surface area contributed by atoms with Crippen LogP contribution in [0.25, 0.3) is 0 Å². The number of aromatic nitrogens is 1. The van der Waals surface area contributed by atoms with Gasteiger partial charge in [-0.1, -0.05) is 25.2 Å². The molecule has 0 saturated heterocycles. The number of hydrogen-bond acceptors (Lipinski definition) is 5. The van der Waals surface area contributed by atoms with Crippen LogP contribution in [-0.4, -0.2) is 38.2 Å². The Morgan fingerprint density at radius 1 is 1.24 bits per heavy atom.